The number of hydrogen-bond acceptors (Lipinski definition) is 6. The number of rotatable bonds is 7. The normalized spacial score (nSPS) is 20.7. The topological polar surface area (TPSA) is 79.3 Å². The highest BCUT2D eigenvalue weighted by atomic mass is 16.5. The number of aliphatic hydroxyl groups excluding tert-OH is 1. The predicted octanol–water partition coefficient (Wildman–Crippen LogP) is 3.46. The van der Waals surface area contributed by atoms with Crippen molar-refractivity contribution in [1.29, 1.82) is 0 Å². The highest BCUT2D eigenvalue weighted by Crippen LogP contribution is 2.40. The lowest BCUT2D eigenvalue weighted by molar-refractivity contribution is -0.140. The molecule has 2 fully saturated rings. The second-order valence-electron chi connectivity index (χ2n) is 8.77. The summed E-state index contributed by atoms with van der Waals surface area (Å²) in [5.74, 6) is -0.656. The fourth-order valence-electron chi connectivity index (χ4n) is 4.58. The van der Waals surface area contributed by atoms with Crippen molar-refractivity contribution in [2.75, 3.05) is 46.0 Å². The molecule has 0 aromatic heterocycles. The van der Waals surface area contributed by atoms with Gasteiger partial charge in [0, 0.05) is 31.7 Å². The minimum absolute atomic E-state index is 0.129. The van der Waals surface area contributed by atoms with Crippen LogP contribution >= 0.6 is 0 Å². The van der Waals surface area contributed by atoms with Crippen LogP contribution in [0.2, 0.25) is 0 Å². The van der Waals surface area contributed by atoms with E-state index < -0.39 is 17.7 Å². The number of ether oxygens (including phenoxy) is 2. The van der Waals surface area contributed by atoms with Crippen LogP contribution in [0.5, 0.6) is 5.75 Å². The number of aryl methyl sites for hydroxylation is 2. The fourth-order valence-corrected chi connectivity index (χ4v) is 4.58. The lowest BCUT2D eigenvalue weighted by atomic mass is 9.93. The molecule has 0 bridgehead atoms. The maximum Gasteiger partial charge on any atom is 0.295 e. The Kier molecular flexibility index (Phi) is 7.34. The molecule has 2 saturated heterocycles. The first-order valence-electron chi connectivity index (χ1n) is 11.8. The van der Waals surface area contributed by atoms with Crippen LogP contribution in [0.4, 0.5) is 0 Å². The third kappa shape index (κ3) is 4.86. The Morgan fingerprint density at radius 2 is 1.76 bits per heavy atom. The molecule has 1 unspecified atom stereocenters. The van der Waals surface area contributed by atoms with E-state index in [9.17, 15) is 14.7 Å². The Bertz CT molecular complexity index is 1090. The van der Waals surface area contributed by atoms with Crippen LogP contribution in [0.25, 0.3) is 5.76 Å². The van der Waals surface area contributed by atoms with Crippen LogP contribution in [-0.2, 0) is 14.3 Å². The monoisotopic (exact) mass is 464 g/mol. The quantitative estimate of drug-likeness (QED) is 0.384. The van der Waals surface area contributed by atoms with Gasteiger partial charge < -0.3 is 19.5 Å². The molecule has 7 nitrogen and oxygen atoms in total. The number of Topliss-reactive ketones (excluding diaryl/α,β-unsaturated/α-hetero) is 1. The van der Waals surface area contributed by atoms with Gasteiger partial charge in [-0.15, -0.1) is 0 Å². The number of ketones is 1. The maximum absolute atomic E-state index is 13.3. The van der Waals surface area contributed by atoms with Crippen LogP contribution in [0, 0.1) is 13.8 Å². The first kappa shape index (κ1) is 24.0. The summed E-state index contributed by atoms with van der Waals surface area (Å²) in [4.78, 5) is 30.3. The van der Waals surface area contributed by atoms with Crippen LogP contribution in [0.1, 0.15) is 35.2 Å². The standard InChI is InChI=1S/C27H32N2O5/c1-4-34-21-9-7-20(8-10-21)24-23(25(30)22-17-18(2)5-6-19(22)3)26(31)27(32)29(24)12-11-28-13-15-33-16-14-28/h5-10,17,24,30H,4,11-16H2,1-3H3/b25-23+. The second-order valence-corrected chi connectivity index (χ2v) is 8.77. The average Bonchev–Trinajstić information content (AvgIpc) is 3.10. The van der Waals surface area contributed by atoms with Crippen molar-refractivity contribution >= 4 is 17.4 Å². The smallest absolute Gasteiger partial charge is 0.295 e. The van der Waals surface area contributed by atoms with Gasteiger partial charge in [0.15, 0.2) is 0 Å². The molecule has 7 heteroatoms. The van der Waals surface area contributed by atoms with Gasteiger partial charge in [0.1, 0.15) is 11.5 Å². The number of amides is 1. The molecule has 1 atom stereocenters. The number of likely N-dealkylation sites (tertiary alicyclic amines) is 1. The zero-order valence-corrected chi connectivity index (χ0v) is 20.0. The molecular formula is C27H32N2O5. The van der Waals surface area contributed by atoms with Crippen molar-refractivity contribution in [2.24, 2.45) is 0 Å². The maximum atomic E-state index is 13.3. The third-order valence-electron chi connectivity index (χ3n) is 6.46. The fraction of sp³-hybridized carbons (Fsp3) is 0.407. The third-order valence-corrected chi connectivity index (χ3v) is 6.46. The number of nitrogens with zero attached hydrogens (tertiary/aromatic N) is 2. The van der Waals surface area contributed by atoms with Crippen molar-refractivity contribution < 1.29 is 24.2 Å². The summed E-state index contributed by atoms with van der Waals surface area (Å²) in [6.07, 6.45) is 0. The van der Waals surface area contributed by atoms with Crippen LogP contribution < -0.4 is 4.74 Å². The van der Waals surface area contributed by atoms with E-state index in [-0.39, 0.29) is 11.3 Å². The van der Waals surface area contributed by atoms with Crippen molar-refractivity contribution in [3.05, 3.63) is 70.3 Å². The van der Waals surface area contributed by atoms with Crippen molar-refractivity contribution in [2.45, 2.75) is 26.8 Å². The molecular weight excluding hydrogens is 432 g/mol. The van der Waals surface area contributed by atoms with E-state index in [4.69, 9.17) is 9.47 Å². The first-order chi connectivity index (χ1) is 16.4. The highest BCUT2D eigenvalue weighted by Gasteiger charge is 2.46. The van der Waals surface area contributed by atoms with Gasteiger partial charge in [-0.3, -0.25) is 14.5 Å². The molecule has 2 aromatic rings. The van der Waals surface area contributed by atoms with E-state index in [1.54, 1.807) is 4.90 Å². The van der Waals surface area contributed by atoms with Crippen LogP contribution in [0.3, 0.4) is 0 Å². The minimum atomic E-state index is -0.670. The zero-order valence-electron chi connectivity index (χ0n) is 20.0. The van der Waals surface area contributed by atoms with Crippen molar-refractivity contribution in [3.63, 3.8) is 0 Å². The molecule has 2 heterocycles. The second kappa shape index (κ2) is 10.4. The summed E-state index contributed by atoms with van der Waals surface area (Å²) >= 11 is 0. The SMILES string of the molecule is CCOc1ccc(C2/C(=C(\O)c3cc(C)ccc3C)C(=O)C(=O)N2CCN2CCOCC2)cc1. The summed E-state index contributed by atoms with van der Waals surface area (Å²) < 4.78 is 11.0. The van der Waals surface area contributed by atoms with Crippen molar-refractivity contribution in [3.8, 4) is 5.75 Å². The lowest BCUT2D eigenvalue weighted by Crippen LogP contribution is -2.42. The van der Waals surface area contributed by atoms with Crippen LogP contribution in [-0.4, -0.2) is 72.6 Å². The molecule has 0 spiro atoms. The van der Waals surface area contributed by atoms with Gasteiger partial charge in [-0.2, -0.15) is 0 Å². The predicted molar refractivity (Wildman–Crippen MR) is 130 cm³/mol. The van der Waals surface area contributed by atoms with E-state index in [1.807, 2.05) is 63.2 Å². The Morgan fingerprint density at radius 1 is 1.06 bits per heavy atom. The number of hydrogen-bond donors (Lipinski definition) is 1. The lowest BCUT2D eigenvalue weighted by Gasteiger charge is -2.31. The molecule has 34 heavy (non-hydrogen) atoms. The number of morpholine rings is 1. The average molecular weight is 465 g/mol. The molecule has 2 aromatic carbocycles. The molecule has 0 aliphatic carbocycles. The van der Waals surface area contributed by atoms with Crippen molar-refractivity contribution in [1.82, 2.24) is 9.80 Å². The van der Waals surface area contributed by atoms with Gasteiger partial charge in [0.25, 0.3) is 11.7 Å². The summed E-state index contributed by atoms with van der Waals surface area (Å²) in [6.45, 7) is 10.2. The molecule has 180 valence electrons. The Hall–Kier alpha value is -3.16. The highest BCUT2D eigenvalue weighted by molar-refractivity contribution is 6.46. The van der Waals surface area contributed by atoms with E-state index in [1.165, 1.54) is 0 Å². The number of aliphatic hydroxyl groups is 1. The minimum Gasteiger partial charge on any atom is -0.507 e. The Balaban J connectivity index is 1.75. The molecule has 4 rings (SSSR count). The zero-order chi connectivity index (χ0) is 24.2. The first-order valence-corrected chi connectivity index (χ1v) is 11.8. The van der Waals surface area contributed by atoms with E-state index in [0.29, 0.717) is 44.2 Å². The summed E-state index contributed by atoms with van der Waals surface area (Å²) in [6, 6.07) is 12.4. The van der Waals surface area contributed by atoms with Gasteiger partial charge in [-0.25, -0.2) is 0 Å². The van der Waals surface area contributed by atoms with Gasteiger partial charge in [0.2, 0.25) is 0 Å². The largest absolute Gasteiger partial charge is 0.507 e. The molecule has 2 aliphatic heterocycles. The number of carbonyl (C=O) groups excluding carboxylic acids is 2. The van der Waals surface area contributed by atoms with Crippen LogP contribution in [0.15, 0.2) is 48.0 Å². The molecule has 0 saturated carbocycles. The van der Waals surface area contributed by atoms with E-state index in [0.717, 1.165) is 29.8 Å². The Morgan fingerprint density at radius 3 is 2.44 bits per heavy atom. The van der Waals surface area contributed by atoms with E-state index >= 15 is 0 Å². The van der Waals surface area contributed by atoms with E-state index in [2.05, 4.69) is 4.90 Å². The number of carbonyl (C=O) groups is 2. The summed E-state index contributed by atoms with van der Waals surface area (Å²) in [5, 5.41) is 11.3. The summed E-state index contributed by atoms with van der Waals surface area (Å²) in [7, 11) is 0. The number of benzene rings is 2. The molecule has 2 aliphatic rings. The van der Waals surface area contributed by atoms with Gasteiger partial charge in [-0.1, -0.05) is 29.8 Å². The van der Waals surface area contributed by atoms with Gasteiger partial charge in [-0.05, 0) is 50.1 Å². The summed E-state index contributed by atoms with van der Waals surface area (Å²) in [5.41, 5.74) is 3.27. The molecule has 1 amide bonds. The van der Waals surface area contributed by atoms with Gasteiger partial charge in [0.05, 0.1) is 31.4 Å². The van der Waals surface area contributed by atoms with Gasteiger partial charge >= 0.3 is 0 Å². The molecule has 1 N–H and O–H groups in total. The molecule has 0 radical (unpaired) electrons. The Labute approximate surface area is 200 Å².